The number of ether oxygens (including phenoxy) is 2. The largest absolute Gasteiger partial charge is 0.372 e. The maximum Gasteiger partial charge on any atom is 0.0734 e. The van der Waals surface area contributed by atoms with Gasteiger partial charge >= 0.3 is 0 Å². The molecule has 4 nitrogen and oxygen atoms in total. The predicted molar refractivity (Wildman–Crippen MR) is 91.6 cm³/mol. The smallest absolute Gasteiger partial charge is 0.0734 e. The lowest BCUT2D eigenvalue weighted by atomic mass is 10.1. The maximum atomic E-state index is 6.13. The summed E-state index contributed by atoms with van der Waals surface area (Å²) >= 11 is 0. The summed E-state index contributed by atoms with van der Waals surface area (Å²) in [6.45, 7) is 11.5. The Morgan fingerprint density at radius 1 is 0.696 bits per heavy atom. The first kappa shape index (κ1) is 16.3. The summed E-state index contributed by atoms with van der Waals surface area (Å²) in [4.78, 5) is 5.30. The average Bonchev–Trinajstić information content (AvgIpc) is 3.39. The van der Waals surface area contributed by atoms with E-state index in [0.29, 0.717) is 24.4 Å². The van der Waals surface area contributed by atoms with Crippen LogP contribution in [0.15, 0.2) is 0 Å². The number of rotatable bonds is 6. The van der Waals surface area contributed by atoms with Gasteiger partial charge in [0.25, 0.3) is 0 Å². The quantitative estimate of drug-likeness (QED) is 0.749. The lowest BCUT2D eigenvalue weighted by molar-refractivity contribution is -0.0927. The molecule has 0 radical (unpaired) electrons. The molecule has 2 saturated heterocycles. The molecule has 4 atom stereocenters. The van der Waals surface area contributed by atoms with Crippen LogP contribution >= 0.6 is 0 Å². The minimum absolute atomic E-state index is 0.414. The summed E-state index contributed by atoms with van der Waals surface area (Å²) in [7, 11) is 0. The normalized spacial score (nSPS) is 40.4. The third-order valence-corrected chi connectivity index (χ3v) is 5.97. The summed E-state index contributed by atoms with van der Waals surface area (Å²) in [5.74, 6) is 1.72. The van der Waals surface area contributed by atoms with E-state index < -0.39 is 0 Å². The number of hydrogen-bond acceptors (Lipinski definition) is 4. The summed E-state index contributed by atoms with van der Waals surface area (Å²) in [6.07, 6.45) is 8.70. The SMILES string of the molecule is C[C@@H]1CN(CCCN2C[C@H](C)O[C@@H](C3CC3)C2)C[C@H](C2CC2)O1. The molecule has 23 heavy (non-hydrogen) atoms. The third-order valence-electron chi connectivity index (χ3n) is 5.97. The highest BCUT2D eigenvalue weighted by molar-refractivity contribution is 4.89. The van der Waals surface area contributed by atoms with Gasteiger partial charge < -0.3 is 9.47 Å². The van der Waals surface area contributed by atoms with E-state index in [1.807, 2.05) is 0 Å². The zero-order chi connectivity index (χ0) is 15.8. The minimum atomic E-state index is 0.414. The maximum absolute atomic E-state index is 6.13. The van der Waals surface area contributed by atoms with Crippen LogP contribution in [0.1, 0.15) is 46.0 Å². The van der Waals surface area contributed by atoms with Gasteiger partial charge in [0, 0.05) is 26.2 Å². The second kappa shape index (κ2) is 6.99. The van der Waals surface area contributed by atoms with Crippen LogP contribution in [-0.4, -0.2) is 73.5 Å². The summed E-state index contributed by atoms with van der Waals surface area (Å²) in [5.41, 5.74) is 0. The van der Waals surface area contributed by atoms with E-state index in [-0.39, 0.29) is 0 Å². The molecule has 4 heteroatoms. The summed E-state index contributed by atoms with van der Waals surface area (Å²) in [5, 5.41) is 0. The molecule has 2 saturated carbocycles. The van der Waals surface area contributed by atoms with Crippen molar-refractivity contribution in [3.63, 3.8) is 0 Å². The molecule has 0 aromatic carbocycles. The fourth-order valence-electron chi connectivity index (χ4n) is 4.49. The molecule has 0 amide bonds. The lowest BCUT2D eigenvalue weighted by Gasteiger charge is -2.39. The topological polar surface area (TPSA) is 24.9 Å². The van der Waals surface area contributed by atoms with Crippen LogP contribution in [0.3, 0.4) is 0 Å². The monoisotopic (exact) mass is 322 g/mol. The molecule has 2 heterocycles. The van der Waals surface area contributed by atoms with E-state index in [1.165, 1.54) is 58.3 Å². The number of nitrogens with zero attached hydrogens (tertiary/aromatic N) is 2. The summed E-state index contributed by atoms with van der Waals surface area (Å²) in [6, 6.07) is 0. The van der Waals surface area contributed by atoms with Gasteiger partial charge in [-0.2, -0.15) is 0 Å². The fourth-order valence-corrected chi connectivity index (χ4v) is 4.49. The van der Waals surface area contributed by atoms with Crippen LogP contribution in [0.5, 0.6) is 0 Å². The van der Waals surface area contributed by atoms with Gasteiger partial charge in [-0.25, -0.2) is 0 Å². The zero-order valence-electron chi connectivity index (χ0n) is 15.0. The van der Waals surface area contributed by atoms with Gasteiger partial charge in [-0.05, 0) is 70.9 Å². The van der Waals surface area contributed by atoms with Gasteiger partial charge in [0.05, 0.1) is 24.4 Å². The number of morpholine rings is 2. The van der Waals surface area contributed by atoms with Crippen molar-refractivity contribution >= 4 is 0 Å². The molecule has 0 N–H and O–H groups in total. The van der Waals surface area contributed by atoms with E-state index in [0.717, 1.165) is 24.9 Å². The second-order valence-corrected chi connectivity index (χ2v) is 8.52. The van der Waals surface area contributed by atoms with Gasteiger partial charge in [-0.15, -0.1) is 0 Å². The van der Waals surface area contributed by atoms with E-state index in [1.54, 1.807) is 0 Å². The molecule has 132 valence electrons. The molecule has 0 unspecified atom stereocenters. The van der Waals surface area contributed by atoms with Crippen molar-refractivity contribution in [2.75, 3.05) is 39.3 Å². The van der Waals surface area contributed by atoms with Gasteiger partial charge in [0.15, 0.2) is 0 Å². The Balaban J connectivity index is 1.20. The molecule has 0 spiro atoms. The highest BCUT2D eigenvalue weighted by Gasteiger charge is 2.38. The first-order chi connectivity index (χ1) is 11.2. The Kier molecular flexibility index (Phi) is 4.96. The molecule has 2 aliphatic carbocycles. The van der Waals surface area contributed by atoms with Gasteiger partial charge in [-0.1, -0.05) is 0 Å². The lowest BCUT2D eigenvalue weighted by Crippen LogP contribution is -2.49. The first-order valence-electron chi connectivity index (χ1n) is 9.93. The van der Waals surface area contributed by atoms with Gasteiger partial charge in [0.2, 0.25) is 0 Å². The Bertz CT molecular complexity index is 361. The predicted octanol–water partition coefficient (Wildman–Crippen LogP) is 2.38. The average molecular weight is 322 g/mol. The van der Waals surface area contributed by atoms with Crippen LogP contribution in [0, 0.1) is 11.8 Å². The van der Waals surface area contributed by atoms with E-state index in [9.17, 15) is 0 Å². The van der Waals surface area contributed by atoms with E-state index in [2.05, 4.69) is 23.6 Å². The van der Waals surface area contributed by atoms with Crippen molar-refractivity contribution in [1.82, 2.24) is 9.80 Å². The molecule has 4 aliphatic rings. The molecule has 2 aliphatic heterocycles. The van der Waals surface area contributed by atoms with E-state index in [4.69, 9.17) is 9.47 Å². The highest BCUT2D eigenvalue weighted by Crippen LogP contribution is 2.37. The Labute approximate surface area is 141 Å². The van der Waals surface area contributed by atoms with Crippen molar-refractivity contribution < 1.29 is 9.47 Å². The zero-order valence-corrected chi connectivity index (χ0v) is 15.0. The first-order valence-corrected chi connectivity index (χ1v) is 9.93. The van der Waals surface area contributed by atoms with Crippen LogP contribution in [0.4, 0.5) is 0 Å². The molecule has 0 bridgehead atoms. The minimum Gasteiger partial charge on any atom is -0.372 e. The highest BCUT2D eigenvalue weighted by atomic mass is 16.5. The number of hydrogen-bond donors (Lipinski definition) is 0. The molecule has 4 rings (SSSR count). The van der Waals surface area contributed by atoms with Crippen molar-refractivity contribution in [2.24, 2.45) is 11.8 Å². The Morgan fingerprint density at radius 2 is 1.13 bits per heavy atom. The van der Waals surface area contributed by atoms with Gasteiger partial charge in [-0.3, -0.25) is 9.80 Å². The van der Waals surface area contributed by atoms with Crippen molar-refractivity contribution in [2.45, 2.75) is 70.4 Å². The van der Waals surface area contributed by atoms with Crippen LogP contribution in [-0.2, 0) is 9.47 Å². The van der Waals surface area contributed by atoms with Crippen LogP contribution < -0.4 is 0 Å². The van der Waals surface area contributed by atoms with Gasteiger partial charge in [0.1, 0.15) is 0 Å². The van der Waals surface area contributed by atoms with Crippen molar-refractivity contribution in [3.8, 4) is 0 Å². The Hall–Kier alpha value is -0.160. The standard InChI is InChI=1S/C19H34N2O2/c1-14-10-20(12-18(22-14)16-4-5-16)8-3-9-21-11-15(2)23-19(13-21)17-6-7-17/h14-19H,3-13H2,1-2H3/t14-,15+,18-,19-/m1/s1. The summed E-state index contributed by atoms with van der Waals surface area (Å²) < 4.78 is 12.3. The Morgan fingerprint density at radius 3 is 1.52 bits per heavy atom. The molecule has 4 fully saturated rings. The van der Waals surface area contributed by atoms with Crippen LogP contribution in [0.25, 0.3) is 0 Å². The molecular formula is C19H34N2O2. The molecular weight excluding hydrogens is 288 g/mol. The molecule has 0 aromatic rings. The fraction of sp³-hybridized carbons (Fsp3) is 1.00. The molecule has 0 aromatic heterocycles. The van der Waals surface area contributed by atoms with Crippen molar-refractivity contribution in [3.05, 3.63) is 0 Å². The second-order valence-electron chi connectivity index (χ2n) is 8.52. The van der Waals surface area contributed by atoms with Crippen LogP contribution in [0.2, 0.25) is 0 Å². The van der Waals surface area contributed by atoms with Crippen molar-refractivity contribution in [1.29, 1.82) is 0 Å². The van der Waals surface area contributed by atoms with E-state index >= 15 is 0 Å². The third kappa shape index (κ3) is 4.47.